The molecule has 1 unspecified atom stereocenters. The summed E-state index contributed by atoms with van der Waals surface area (Å²) in [6.45, 7) is 4.10. The fraction of sp³-hybridized carbons (Fsp3) is 0.625. The zero-order valence-electron chi connectivity index (χ0n) is 8.77. The molecule has 0 saturated carbocycles. The Balaban J connectivity index is 2.59. The second-order valence-electron chi connectivity index (χ2n) is 3.68. The van der Waals surface area contributed by atoms with E-state index in [1.807, 2.05) is 13.8 Å². The number of hydrogen-bond donors (Lipinski definition) is 3. The van der Waals surface area contributed by atoms with Gasteiger partial charge < -0.3 is 10.7 Å². The highest BCUT2D eigenvalue weighted by molar-refractivity contribution is 7.89. The molecule has 1 atom stereocenters. The number of hydrogen-bond acceptors (Lipinski definition) is 4. The summed E-state index contributed by atoms with van der Waals surface area (Å²) in [4.78, 5) is 6.17. The molecule has 1 rings (SSSR count). The molecule has 1 aromatic heterocycles. The first-order valence-corrected chi connectivity index (χ1v) is 6.15. The summed E-state index contributed by atoms with van der Waals surface area (Å²) in [7, 11) is -3.49. The highest BCUT2D eigenvalue weighted by atomic mass is 32.2. The summed E-state index contributed by atoms with van der Waals surface area (Å²) >= 11 is 0. The molecule has 4 N–H and O–H groups in total. The Kier molecular flexibility index (Phi) is 3.83. The van der Waals surface area contributed by atoms with Gasteiger partial charge in [0.1, 0.15) is 0 Å². The van der Waals surface area contributed by atoms with Gasteiger partial charge in [0.05, 0.1) is 12.5 Å². The minimum absolute atomic E-state index is 0.0541. The molecular weight excluding hydrogens is 216 g/mol. The molecule has 0 aromatic carbocycles. The SMILES string of the molecule is CC(C)C(N)CNS(=O)(=O)c1cnc[nH]1. The number of H-pyrrole nitrogens is 1. The summed E-state index contributed by atoms with van der Waals surface area (Å²) in [5, 5.41) is 0.0541. The molecule has 0 aliphatic rings. The van der Waals surface area contributed by atoms with Gasteiger partial charge in [0.15, 0.2) is 5.03 Å². The predicted octanol–water partition coefficient (Wildman–Crippen LogP) is -0.329. The van der Waals surface area contributed by atoms with Crippen molar-refractivity contribution in [1.82, 2.24) is 14.7 Å². The van der Waals surface area contributed by atoms with Crippen LogP contribution in [-0.4, -0.2) is 31.0 Å². The number of nitrogens with two attached hydrogens (primary N) is 1. The number of rotatable bonds is 5. The maximum atomic E-state index is 11.6. The maximum Gasteiger partial charge on any atom is 0.257 e. The minimum Gasteiger partial charge on any atom is -0.335 e. The second-order valence-corrected chi connectivity index (χ2v) is 5.41. The van der Waals surface area contributed by atoms with Crippen molar-refractivity contribution in [3.8, 4) is 0 Å². The summed E-state index contributed by atoms with van der Waals surface area (Å²) in [6, 6.07) is -0.192. The van der Waals surface area contributed by atoms with E-state index in [1.54, 1.807) is 0 Å². The van der Waals surface area contributed by atoms with Gasteiger partial charge in [-0.2, -0.15) is 0 Å². The lowest BCUT2D eigenvalue weighted by Crippen LogP contribution is -2.40. The number of aromatic nitrogens is 2. The summed E-state index contributed by atoms with van der Waals surface area (Å²) in [6.07, 6.45) is 2.57. The van der Waals surface area contributed by atoms with Crippen LogP contribution in [0.15, 0.2) is 17.6 Å². The van der Waals surface area contributed by atoms with E-state index >= 15 is 0 Å². The van der Waals surface area contributed by atoms with E-state index in [0.29, 0.717) is 0 Å². The Hall–Kier alpha value is -0.920. The van der Waals surface area contributed by atoms with E-state index in [-0.39, 0.29) is 23.5 Å². The number of aromatic amines is 1. The fourth-order valence-corrected chi connectivity index (χ4v) is 1.88. The standard InChI is InChI=1S/C8H16N4O2S/c1-6(2)7(9)3-12-15(13,14)8-4-10-5-11-8/h4-7,12H,3,9H2,1-2H3,(H,10,11). The molecule has 0 fully saturated rings. The van der Waals surface area contributed by atoms with Crippen LogP contribution in [0.3, 0.4) is 0 Å². The monoisotopic (exact) mass is 232 g/mol. The Labute approximate surface area is 89.3 Å². The summed E-state index contributed by atoms with van der Waals surface area (Å²) < 4.78 is 25.6. The van der Waals surface area contributed by atoms with Crippen LogP contribution in [-0.2, 0) is 10.0 Å². The summed E-state index contributed by atoms with van der Waals surface area (Å²) in [5.74, 6) is 0.231. The van der Waals surface area contributed by atoms with E-state index in [4.69, 9.17) is 5.73 Å². The molecule has 86 valence electrons. The van der Waals surface area contributed by atoms with Crippen LogP contribution in [0.25, 0.3) is 0 Å². The number of nitrogens with one attached hydrogen (secondary N) is 2. The Bertz CT molecular complexity index is 385. The van der Waals surface area contributed by atoms with E-state index in [0.717, 1.165) is 0 Å². The van der Waals surface area contributed by atoms with E-state index < -0.39 is 10.0 Å². The molecule has 0 saturated heterocycles. The number of sulfonamides is 1. The minimum atomic E-state index is -3.49. The molecule has 15 heavy (non-hydrogen) atoms. The number of nitrogens with zero attached hydrogens (tertiary/aromatic N) is 1. The van der Waals surface area contributed by atoms with Gasteiger partial charge in [-0.15, -0.1) is 0 Å². The van der Waals surface area contributed by atoms with Crippen LogP contribution in [0.1, 0.15) is 13.8 Å². The van der Waals surface area contributed by atoms with Crippen molar-refractivity contribution < 1.29 is 8.42 Å². The van der Waals surface area contributed by atoms with Gasteiger partial charge in [-0.3, -0.25) is 0 Å². The molecule has 0 aliphatic carbocycles. The van der Waals surface area contributed by atoms with E-state index in [2.05, 4.69) is 14.7 Å². The molecule has 7 heteroatoms. The van der Waals surface area contributed by atoms with Crippen molar-refractivity contribution in [3.63, 3.8) is 0 Å². The van der Waals surface area contributed by atoms with Gasteiger partial charge in [-0.25, -0.2) is 18.1 Å². The van der Waals surface area contributed by atoms with Gasteiger partial charge in [0.2, 0.25) is 0 Å². The highest BCUT2D eigenvalue weighted by Gasteiger charge is 2.17. The van der Waals surface area contributed by atoms with Crippen LogP contribution >= 0.6 is 0 Å². The highest BCUT2D eigenvalue weighted by Crippen LogP contribution is 2.03. The van der Waals surface area contributed by atoms with Crippen LogP contribution in [0.4, 0.5) is 0 Å². The first kappa shape index (κ1) is 12.2. The lowest BCUT2D eigenvalue weighted by atomic mass is 10.1. The van der Waals surface area contributed by atoms with Crippen molar-refractivity contribution in [2.45, 2.75) is 24.9 Å². The van der Waals surface area contributed by atoms with Crippen molar-refractivity contribution in [2.75, 3.05) is 6.54 Å². The van der Waals surface area contributed by atoms with Gasteiger partial charge in [-0.05, 0) is 5.92 Å². The van der Waals surface area contributed by atoms with Crippen molar-refractivity contribution >= 4 is 10.0 Å². The third-order valence-electron chi connectivity index (χ3n) is 2.13. The van der Waals surface area contributed by atoms with Gasteiger partial charge in [0, 0.05) is 12.6 Å². The Morgan fingerprint density at radius 2 is 2.27 bits per heavy atom. The quantitative estimate of drug-likeness (QED) is 0.647. The van der Waals surface area contributed by atoms with Crippen LogP contribution in [0.2, 0.25) is 0 Å². The molecule has 1 aromatic rings. The molecule has 0 spiro atoms. The average Bonchev–Trinajstić information content (AvgIpc) is 2.67. The Morgan fingerprint density at radius 1 is 1.60 bits per heavy atom. The molecule has 1 heterocycles. The zero-order chi connectivity index (χ0) is 11.5. The molecule has 0 aliphatic heterocycles. The molecule has 0 radical (unpaired) electrons. The largest absolute Gasteiger partial charge is 0.335 e. The molecular formula is C8H16N4O2S. The molecule has 0 amide bonds. The smallest absolute Gasteiger partial charge is 0.257 e. The third kappa shape index (κ3) is 3.29. The lowest BCUT2D eigenvalue weighted by Gasteiger charge is -2.15. The second kappa shape index (κ2) is 4.73. The van der Waals surface area contributed by atoms with Crippen molar-refractivity contribution in [2.24, 2.45) is 11.7 Å². The van der Waals surface area contributed by atoms with Crippen LogP contribution in [0.5, 0.6) is 0 Å². The lowest BCUT2D eigenvalue weighted by molar-refractivity contribution is 0.481. The van der Waals surface area contributed by atoms with Crippen molar-refractivity contribution in [3.05, 3.63) is 12.5 Å². The average molecular weight is 232 g/mol. The molecule has 0 bridgehead atoms. The van der Waals surface area contributed by atoms with E-state index in [1.165, 1.54) is 12.5 Å². The van der Waals surface area contributed by atoms with E-state index in [9.17, 15) is 8.42 Å². The first-order chi connectivity index (χ1) is 6.93. The predicted molar refractivity (Wildman–Crippen MR) is 56.6 cm³/mol. The summed E-state index contributed by atoms with van der Waals surface area (Å²) in [5.41, 5.74) is 5.72. The number of imidazole rings is 1. The van der Waals surface area contributed by atoms with Crippen molar-refractivity contribution in [1.29, 1.82) is 0 Å². The van der Waals surface area contributed by atoms with Crippen LogP contribution < -0.4 is 10.5 Å². The molecule has 6 nitrogen and oxygen atoms in total. The van der Waals surface area contributed by atoms with Gasteiger partial charge >= 0.3 is 0 Å². The van der Waals surface area contributed by atoms with Gasteiger partial charge in [-0.1, -0.05) is 13.8 Å². The topological polar surface area (TPSA) is 101 Å². The van der Waals surface area contributed by atoms with Gasteiger partial charge in [0.25, 0.3) is 10.0 Å². The third-order valence-corrected chi connectivity index (χ3v) is 3.48. The normalized spacial score (nSPS) is 14.4. The van der Waals surface area contributed by atoms with Crippen LogP contribution in [0, 0.1) is 5.92 Å². The zero-order valence-corrected chi connectivity index (χ0v) is 9.58. The fourth-order valence-electron chi connectivity index (χ4n) is 0.909. The first-order valence-electron chi connectivity index (χ1n) is 4.67. The maximum absolute atomic E-state index is 11.6. The Morgan fingerprint density at radius 3 is 2.73 bits per heavy atom.